The molecule has 0 spiro atoms. The topological polar surface area (TPSA) is 52.0 Å². The van der Waals surface area contributed by atoms with E-state index >= 15 is 0 Å². The molecular weight excluding hydrogens is 124 g/mol. The van der Waals surface area contributed by atoms with Crippen molar-refractivity contribution in [1.82, 2.24) is 0 Å². The summed E-state index contributed by atoms with van der Waals surface area (Å²) in [6.07, 6.45) is 4.99. The van der Waals surface area contributed by atoms with Crippen molar-refractivity contribution in [2.45, 2.75) is 37.8 Å². The maximum absolute atomic E-state index is 5.93. The average Bonchev–Trinajstić information content (AvgIpc) is 2.41. The minimum absolute atomic E-state index is 0.471. The van der Waals surface area contributed by atoms with Crippen LogP contribution in [0.25, 0.3) is 0 Å². The molecule has 0 amide bonds. The van der Waals surface area contributed by atoms with E-state index < -0.39 is 0 Å². The lowest BCUT2D eigenvalue weighted by Crippen LogP contribution is -2.29. The summed E-state index contributed by atoms with van der Waals surface area (Å²) in [5.74, 6) is 1.55. The zero-order chi connectivity index (χ0) is 7.14. The normalized spacial score (nSPS) is 53.4. The van der Waals surface area contributed by atoms with Gasteiger partial charge in [-0.1, -0.05) is 0 Å². The molecule has 2 nitrogen and oxygen atoms in total. The number of hydrogen-bond acceptors (Lipinski definition) is 2. The zero-order valence-corrected chi connectivity index (χ0v) is 6.29. The third-order valence-electron chi connectivity index (χ3n) is 3.32. The molecule has 0 radical (unpaired) electrons. The Hall–Kier alpha value is -0.0800. The van der Waals surface area contributed by atoms with Crippen molar-refractivity contribution in [3.63, 3.8) is 0 Å². The molecule has 2 fully saturated rings. The second-order valence-electron chi connectivity index (χ2n) is 3.81. The summed E-state index contributed by atoms with van der Waals surface area (Å²) in [6.45, 7) is 0. The molecule has 4 atom stereocenters. The van der Waals surface area contributed by atoms with Crippen LogP contribution in [0.1, 0.15) is 25.7 Å². The van der Waals surface area contributed by atoms with Crippen LogP contribution in [0.3, 0.4) is 0 Å². The SMILES string of the molecule is NC1CCC2C(N)CCC12. The highest BCUT2D eigenvalue weighted by Gasteiger charge is 2.41. The first-order valence-electron chi connectivity index (χ1n) is 4.30. The monoisotopic (exact) mass is 140 g/mol. The maximum Gasteiger partial charge on any atom is 0.00705 e. The fraction of sp³-hybridized carbons (Fsp3) is 1.00. The van der Waals surface area contributed by atoms with E-state index in [9.17, 15) is 0 Å². The largest absolute Gasteiger partial charge is 0.327 e. The quantitative estimate of drug-likeness (QED) is 0.513. The minimum Gasteiger partial charge on any atom is -0.327 e. The first kappa shape index (κ1) is 6.62. The molecule has 0 aromatic heterocycles. The Morgan fingerprint density at radius 3 is 1.50 bits per heavy atom. The van der Waals surface area contributed by atoms with Gasteiger partial charge in [0.05, 0.1) is 0 Å². The van der Waals surface area contributed by atoms with Crippen molar-refractivity contribution in [2.75, 3.05) is 0 Å². The third-order valence-corrected chi connectivity index (χ3v) is 3.32. The summed E-state index contributed by atoms with van der Waals surface area (Å²) in [4.78, 5) is 0. The zero-order valence-electron chi connectivity index (χ0n) is 6.29. The molecule has 0 heterocycles. The molecule has 4 unspecified atom stereocenters. The lowest BCUT2D eigenvalue weighted by Gasteiger charge is -2.14. The Bertz CT molecular complexity index is 119. The number of fused-ring (bicyclic) bond motifs is 1. The lowest BCUT2D eigenvalue weighted by molar-refractivity contribution is 0.397. The molecule has 10 heavy (non-hydrogen) atoms. The molecule has 2 saturated carbocycles. The Kier molecular flexibility index (Phi) is 1.46. The van der Waals surface area contributed by atoms with Gasteiger partial charge >= 0.3 is 0 Å². The highest BCUT2D eigenvalue weighted by atomic mass is 14.8. The van der Waals surface area contributed by atoms with Crippen molar-refractivity contribution < 1.29 is 0 Å². The molecular formula is C8H16N2. The van der Waals surface area contributed by atoms with E-state index in [-0.39, 0.29) is 0 Å². The molecule has 0 aliphatic heterocycles. The summed E-state index contributed by atoms with van der Waals surface area (Å²) in [7, 11) is 0. The standard InChI is InChI=1S/C8H16N2/c9-7-3-1-5-6(7)2-4-8(5)10/h5-8H,1-4,9-10H2. The van der Waals surface area contributed by atoms with E-state index in [1.54, 1.807) is 0 Å². The van der Waals surface area contributed by atoms with E-state index in [0.717, 1.165) is 11.8 Å². The van der Waals surface area contributed by atoms with E-state index in [1.165, 1.54) is 25.7 Å². The van der Waals surface area contributed by atoms with Crippen LogP contribution in [-0.2, 0) is 0 Å². The summed E-state index contributed by atoms with van der Waals surface area (Å²) < 4.78 is 0. The van der Waals surface area contributed by atoms with Crippen LogP contribution in [-0.4, -0.2) is 12.1 Å². The van der Waals surface area contributed by atoms with Gasteiger partial charge in [-0.05, 0) is 37.5 Å². The molecule has 0 aromatic rings. The van der Waals surface area contributed by atoms with Crippen LogP contribution in [0.5, 0.6) is 0 Å². The molecule has 0 aromatic carbocycles. The second kappa shape index (κ2) is 2.21. The second-order valence-corrected chi connectivity index (χ2v) is 3.81. The summed E-state index contributed by atoms with van der Waals surface area (Å²) in [5.41, 5.74) is 11.9. The lowest BCUT2D eigenvalue weighted by atomic mass is 9.96. The van der Waals surface area contributed by atoms with Crippen molar-refractivity contribution in [1.29, 1.82) is 0 Å². The van der Waals surface area contributed by atoms with Gasteiger partial charge in [-0.15, -0.1) is 0 Å². The molecule has 2 aliphatic carbocycles. The number of hydrogen-bond donors (Lipinski definition) is 2. The molecule has 4 N–H and O–H groups in total. The Morgan fingerprint density at radius 1 is 0.700 bits per heavy atom. The summed E-state index contributed by atoms with van der Waals surface area (Å²) in [6, 6.07) is 0.942. The van der Waals surface area contributed by atoms with Crippen LogP contribution >= 0.6 is 0 Å². The van der Waals surface area contributed by atoms with Crippen LogP contribution < -0.4 is 11.5 Å². The van der Waals surface area contributed by atoms with Gasteiger partial charge in [-0.3, -0.25) is 0 Å². The summed E-state index contributed by atoms with van der Waals surface area (Å²) >= 11 is 0. The Labute approximate surface area is 62.0 Å². The molecule has 0 saturated heterocycles. The first-order valence-corrected chi connectivity index (χ1v) is 4.30. The molecule has 2 heteroatoms. The van der Waals surface area contributed by atoms with Gasteiger partial charge in [-0.25, -0.2) is 0 Å². The van der Waals surface area contributed by atoms with Gasteiger partial charge in [-0.2, -0.15) is 0 Å². The smallest absolute Gasteiger partial charge is 0.00705 e. The van der Waals surface area contributed by atoms with E-state index in [0.29, 0.717) is 12.1 Å². The van der Waals surface area contributed by atoms with Gasteiger partial charge in [0.25, 0.3) is 0 Å². The first-order chi connectivity index (χ1) is 4.79. The van der Waals surface area contributed by atoms with Crippen molar-refractivity contribution >= 4 is 0 Å². The number of nitrogens with two attached hydrogens (primary N) is 2. The van der Waals surface area contributed by atoms with Crippen LogP contribution in [0.4, 0.5) is 0 Å². The van der Waals surface area contributed by atoms with E-state index in [4.69, 9.17) is 11.5 Å². The predicted molar refractivity (Wildman–Crippen MR) is 41.4 cm³/mol. The van der Waals surface area contributed by atoms with E-state index in [1.807, 2.05) is 0 Å². The minimum atomic E-state index is 0.471. The van der Waals surface area contributed by atoms with Gasteiger partial charge < -0.3 is 11.5 Å². The predicted octanol–water partition coefficient (Wildman–Crippen LogP) is 0.461. The average molecular weight is 140 g/mol. The highest BCUT2D eigenvalue weighted by molar-refractivity contribution is 4.97. The van der Waals surface area contributed by atoms with Gasteiger partial charge in [0.2, 0.25) is 0 Å². The Morgan fingerprint density at radius 2 is 1.10 bits per heavy atom. The van der Waals surface area contributed by atoms with E-state index in [2.05, 4.69) is 0 Å². The van der Waals surface area contributed by atoms with Crippen LogP contribution in [0, 0.1) is 11.8 Å². The van der Waals surface area contributed by atoms with Crippen LogP contribution in [0.2, 0.25) is 0 Å². The van der Waals surface area contributed by atoms with Crippen molar-refractivity contribution in [3.8, 4) is 0 Å². The van der Waals surface area contributed by atoms with Crippen LogP contribution in [0.15, 0.2) is 0 Å². The molecule has 0 bridgehead atoms. The van der Waals surface area contributed by atoms with Crippen molar-refractivity contribution in [3.05, 3.63) is 0 Å². The Balaban J connectivity index is 2.09. The summed E-state index contributed by atoms with van der Waals surface area (Å²) in [5, 5.41) is 0. The third kappa shape index (κ3) is 0.789. The van der Waals surface area contributed by atoms with Gasteiger partial charge in [0.1, 0.15) is 0 Å². The molecule has 2 aliphatic rings. The highest BCUT2D eigenvalue weighted by Crippen LogP contribution is 2.42. The van der Waals surface area contributed by atoms with Crippen molar-refractivity contribution in [2.24, 2.45) is 23.3 Å². The number of rotatable bonds is 0. The fourth-order valence-electron chi connectivity index (χ4n) is 2.69. The fourth-order valence-corrected chi connectivity index (χ4v) is 2.69. The molecule has 58 valence electrons. The van der Waals surface area contributed by atoms with Gasteiger partial charge in [0.15, 0.2) is 0 Å². The maximum atomic E-state index is 5.93. The van der Waals surface area contributed by atoms with Gasteiger partial charge in [0, 0.05) is 12.1 Å². The molecule has 2 rings (SSSR count).